The molecule has 0 radical (unpaired) electrons. The molecule has 10 heteroatoms. The van der Waals surface area contributed by atoms with Crippen molar-refractivity contribution in [1.82, 2.24) is 10.0 Å². The molecule has 2 aliphatic rings. The second-order valence-electron chi connectivity index (χ2n) is 8.09. The monoisotopic (exact) mass is 456 g/mol. The Kier molecular flexibility index (Phi) is 5.64. The van der Waals surface area contributed by atoms with Gasteiger partial charge in [0.2, 0.25) is 5.91 Å². The van der Waals surface area contributed by atoms with E-state index in [1.54, 1.807) is 30.3 Å². The lowest BCUT2D eigenvalue weighted by Gasteiger charge is -2.23. The maximum atomic E-state index is 13.1. The molecule has 4 rings (SSSR count). The first kappa shape index (κ1) is 21.8. The van der Waals surface area contributed by atoms with Gasteiger partial charge in [0.05, 0.1) is 16.6 Å². The fourth-order valence-electron chi connectivity index (χ4n) is 3.63. The third-order valence-corrected chi connectivity index (χ3v) is 6.72. The molecule has 0 saturated heterocycles. The van der Waals surface area contributed by atoms with Crippen molar-refractivity contribution < 1.29 is 22.7 Å². The van der Waals surface area contributed by atoms with Crippen LogP contribution in [0.1, 0.15) is 37.9 Å². The Morgan fingerprint density at radius 1 is 1.16 bits per heavy atom. The van der Waals surface area contributed by atoms with Gasteiger partial charge >= 0.3 is 0 Å². The van der Waals surface area contributed by atoms with E-state index in [2.05, 4.69) is 20.3 Å². The SMILES string of the molecule is CC(NC(=O)[C@@H](N=C1NS(=O)(=O)c2ccccc21)C(C)C)c1ccc2c(c1)NC(=O)CO2. The number of anilines is 1. The first-order valence-corrected chi connectivity index (χ1v) is 11.7. The molecule has 0 fully saturated rings. The Bertz CT molecular complexity index is 1220. The molecule has 2 atom stereocenters. The van der Waals surface area contributed by atoms with E-state index in [0.29, 0.717) is 17.0 Å². The molecule has 0 spiro atoms. The minimum absolute atomic E-state index is 0.0259. The molecular formula is C22H24N4O5S. The average molecular weight is 457 g/mol. The summed E-state index contributed by atoms with van der Waals surface area (Å²) in [5.41, 5.74) is 1.78. The standard InChI is InChI=1S/C22H24N4O5S/c1-12(2)20(25-21-15-6-4-5-7-18(15)32(29,30)26-21)22(28)23-13(3)14-8-9-17-16(10-14)24-19(27)11-31-17/h4-10,12-13,20H,11H2,1-3H3,(H,23,28)(H,24,27)(H,25,26)/t13?,20-/m0/s1. The van der Waals surface area contributed by atoms with Crippen molar-refractivity contribution in [3.05, 3.63) is 53.6 Å². The molecule has 0 bridgehead atoms. The summed E-state index contributed by atoms with van der Waals surface area (Å²) in [4.78, 5) is 29.3. The van der Waals surface area contributed by atoms with Crippen LogP contribution in [0.5, 0.6) is 5.75 Å². The average Bonchev–Trinajstić information content (AvgIpc) is 3.01. The fourth-order valence-corrected chi connectivity index (χ4v) is 4.87. The minimum Gasteiger partial charge on any atom is -0.482 e. The molecule has 3 N–H and O–H groups in total. The number of fused-ring (bicyclic) bond motifs is 2. The number of amidine groups is 1. The maximum absolute atomic E-state index is 13.1. The van der Waals surface area contributed by atoms with E-state index >= 15 is 0 Å². The van der Waals surface area contributed by atoms with Crippen LogP contribution in [0, 0.1) is 5.92 Å². The van der Waals surface area contributed by atoms with Crippen molar-refractivity contribution in [2.75, 3.05) is 11.9 Å². The number of aliphatic imine (C=N–C) groups is 1. The number of sulfonamides is 1. The summed E-state index contributed by atoms with van der Waals surface area (Å²) in [6.45, 7) is 5.49. The largest absolute Gasteiger partial charge is 0.482 e. The Labute approximate surface area is 186 Å². The molecule has 0 aromatic heterocycles. The van der Waals surface area contributed by atoms with Gasteiger partial charge in [0, 0.05) is 5.56 Å². The van der Waals surface area contributed by atoms with Crippen LogP contribution < -0.4 is 20.1 Å². The van der Waals surface area contributed by atoms with Crippen molar-refractivity contribution in [3.63, 3.8) is 0 Å². The summed E-state index contributed by atoms with van der Waals surface area (Å²) >= 11 is 0. The lowest BCUT2D eigenvalue weighted by molar-refractivity contribution is -0.123. The van der Waals surface area contributed by atoms with Crippen LogP contribution in [-0.2, 0) is 19.6 Å². The van der Waals surface area contributed by atoms with Crippen LogP contribution >= 0.6 is 0 Å². The molecule has 168 valence electrons. The van der Waals surface area contributed by atoms with Crippen molar-refractivity contribution in [1.29, 1.82) is 0 Å². The molecule has 2 heterocycles. The van der Waals surface area contributed by atoms with Gasteiger partial charge < -0.3 is 15.4 Å². The number of nitrogens with one attached hydrogen (secondary N) is 3. The smallest absolute Gasteiger partial charge is 0.263 e. The molecule has 0 saturated carbocycles. The highest BCUT2D eigenvalue weighted by Crippen LogP contribution is 2.30. The zero-order valence-electron chi connectivity index (χ0n) is 17.9. The van der Waals surface area contributed by atoms with E-state index in [9.17, 15) is 18.0 Å². The van der Waals surface area contributed by atoms with E-state index in [1.165, 1.54) is 6.07 Å². The quantitative estimate of drug-likeness (QED) is 0.634. The van der Waals surface area contributed by atoms with Crippen molar-refractivity contribution in [2.45, 2.75) is 37.8 Å². The zero-order valence-corrected chi connectivity index (χ0v) is 18.7. The zero-order chi connectivity index (χ0) is 23.0. The van der Waals surface area contributed by atoms with Crippen molar-refractivity contribution in [3.8, 4) is 5.75 Å². The summed E-state index contributed by atoms with van der Waals surface area (Å²) in [7, 11) is -3.69. The maximum Gasteiger partial charge on any atom is 0.263 e. The molecular weight excluding hydrogens is 432 g/mol. The van der Waals surface area contributed by atoms with Crippen LogP contribution in [0.3, 0.4) is 0 Å². The molecule has 2 aromatic rings. The van der Waals surface area contributed by atoms with E-state index in [0.717, 1.165) is 5.56 Å². The van der Waals surface area contributed by atoms with E-state index in [1.807, 2.05) is 26.8 Å². The summed E-state index contributed by atoms with van der Waals surface area (Å²) < 4.78 is 32.5. The number of carbonyl (C=O) groups is 2. The number of nitrogens with zero attached hydrogens (tertiary/aromatic N) is 1. The Morgan fingerprint density at radius 2 is 1.91 bits per heavy atom. The minimum atomic E-state index is -3.69. The van der Waals surface area contributed by atoms with Crippen LogP contribution in [0.2, 0.25) is 0 Å². The van der Waals surface area contributed by atoms with E-state index < -0.39 is 16.1 Å². The highest BCUT2D eigenvalue weighted by molar-refractivity contribution is 7.90. The van der Waals surface area contributed by atoms with Crippen LogP contribution in [0.15, 0.2) is 52.4 Å². The number of benzene rings is 2. The molecule has 2 aromatic carbocycles. The lowest BCUT2D eigenvalue weighted by Crippen LogP contribution is -2.39. The molecule has 32 heavy (non-hydrogen) atoms. The summed E-state index contributed by atoms with van der Waals surface area (Å²) in [5, 5.41) is 5.69. The first-order valence-electron chi connectivity index (χ1n) is 10.2. The fraction of sp³-hybridized carbons (Fsp3) is 0.318. The van der Waals surface area contributed by atoms with E-state index in [-0.39, 0.29) is 41.1 Å². The number of hydrogen-bond donors (Lipinski definition) is 3. The van der Waals surface area contributed by atoms with Gasteiger partial charge in [-0.3, -0.25) is 19.3 Å². The molecule has 0 aliphatic carbocycles. The Hall–Kier alpha value is -3.40. The second-order valence-corrected chi connectivity index (χ2v) is 9.74. The van der Waals surface area contributed by atoms with Gasteiger partial charge in [0.15, 0.2) is 6.61 Å². The molecule has 2 amide bonds. The van der Waals surface area contributed by atoms with Gasteiger partial charge in [0.1, 0.15) is 17.6 Å². The number of ether oxygens (including phenoxy) is 1. The summed E-state index contributed by atoms with van der Waals surface area (Å²) in [6.07, 6.45) is 0. The summed E-state index contributed by atoms with van der Waals surface area (Å²) in [6, 6.07) is 10.7. The van der Waals surface area contributed by atoms with Crippen LogP contribution in [0.4, 0.5) is 5.69 Å². The predicted octanol–water partition coefficient (Wildman–Crippen LogP) is 1.96. The van der Waals surface area contributed by atoms with Gasteiger partial charge in [0.25, 0.3) is 15.9 Å². The normalized spacial score (nSPS) is 19.2. The van der Waals surface area contributed by atoms with Gasteiger partial charge in [-0.05, 0) is 42.7 Å². The molecule has 9 nitrogen and oxygen atoms in total. The number of hydrogen-bond acceptors (Lipinski definition) is 6. The highest BCUT2D eigenvalue weighted by Gasteiger charge is 2.33. The number of rotatable bonds is 5. The highest BCUT2D eigenvalue weighted by atomic mass is 32.2. The number of carbonyl (C=O) groups excluding carboxylic acids is 2. The first-order chi connectivity index (χ1) is 15.2. The van der Waals surface area contributed by atoms with Gasteiger partial charge in [-0.2, -0.15) is 0 Å². The van der Waals surface area contributed by atoms with Crippen LogP contribution in [-0.4, -0.2) is 38.7 Å². The van der Waals surface area contributed by atoms with Crippen LogP contribution in [0.25, 0.3) is 0 Å². The van der Waals surface area contributed by atoms with Gasteiger partial charge in [-0.25, -0.2) is 8.42 Å². The van der Waals surface area contributed by atoms with Gasteiger partial charge in [-0.15, -0.1) is 0 Å². The third kappa shape index (κ3) is 4.18. The van der Waals surface area contributed by atoms with E-state index in [4.69, 9.17) is 4.74 Å². The Morgan fingerprint density at radius 3 is 2.66 bits per heavy atom. The second kappa shape index (κ2) is 8.27. The Balaban J connectivity index is 1.56. The molecule has 1 unspecified atom stereocenters. The predicted molar refractivity (Wildman–Crippen MR) is 119 cm³/mol. The van der Waals surface area contributed by atoms with Crippen molar-refractivity contribution >= 4 is 33.4 Å². The lowest BCUT2D eigenvalue weighted by atomic mass is 10.0. The summed E-state index contributed by atoms with van der Waals surface area (Å²) in [5.74, 6) is -0.00707. The van der Waals surface area contributed by atoms with Gasteiger partial charge in [-0.1, -0.05) is 32.0 Å². The third-order valence-electron chi connectivity index (χ3n) is 5.33. The molecule has 2 aliphatic heterocycles. The van der Waals surface area contributed by atoms with Crippen molar-refractivity contribution in [2.24, 2.45) is 10.9 Å². The number of amides is 2. The topological polar surface area (TPSA) is 126 Å².